The number of β-amino-alcohol motifs (C(OH)–C–C–N with tert-alkyl or cyclic N) is 1. The molecule has 12 heteroatoms. The second-order valence-corrected chi connectivity index (χ2v) is 6.04. The molecule has 1 aromatic rings. The summed E-state index contributed by atoms with van der Waals surface area (Å²) in [7, 11) is 0. The van der Waals surface area contributed by atoms with Crippen LogP contribution in [-0.4, -0.2) is 82.4 Å². The van der Waals surface area contributed by atoms with Gasteiger partial charge in [0.2, 0.25) is 5.91 Å². The third kappa shape index (κ3) is 6.81. The molecular weight excluding hydrogens is 372 g/mol. The maximum atomic E-state index is 12.2. The van der Waals surface area contributed by atoms with E-state index in [1.54, 1.807) is 0 Å². The van der Waals surface area contributed by atoms with Crippen molar-refractivity contribution in [1.82, 2.24) is 20.9 Å². The largest absolute Gasteiger partial charge is 0.481 e. The fourth-order valence-electron chi connectivity index (χ4n) is 2.30. The molecule has 2 rings (SSSR count). The highest BCUT2D eigenvalue weighted by atomic mass is 16.4. The molecule has 1 unspecified atom stereocenters. The van der Waals surface area contributed by atoms with Crippen LogP contribution < -0.4 is 21.3 Å². The quantitative estimate of drug-likeness (QED) is 0.250. The number of nitrogens with zero attached hydrogens (tertiary/aromatic N) is 2. The van der Waals surface area contributed by atoms with E-state index in [2.05, 4.69) is 31.2 Å². The van der Waals surface area contributed by atoms with E-state index in [1.165, 1.54) is 18.5 Å². The zero-order chi connectivity index (χ0) is 20.5. The Hall–Kier alpha value is -3.25. The van der Waals surface area contributed by atoms with E-state index in [-0.39, 0.29) is 12.1 Å². The topological polar surface area (TPSA) is 185 Å². The number of aromatic nitrogens is 1. The van der Waals surface area contributed by atoms with E-state index in [1.807, 2.05) is 0 Å². The molecule has 7 N–H and O–H groups in total. The van der Waals surface area contributed by atoms with Gasteiger partial charge in [-0.05, 0) is 6.07 Å². The lowest BCUT2D eigenvalue weighted by molar-refractivity contribution is -0.138. The molecule has 2 heterocycles. The Morgan fingerprint density at radius 2 is 2.11 bits per heavy atom. The van der Waals surface area contributed by atoms with E-state index in [9.17, 15) is 19.5 Å². The molecule has 0 radical (unpaired) electrons. The molecule has 0 saturated heterocycles. The van der Waals surface area contributed by atoms with Crippen molar-refractivity contribution in [2.24, 2.45) is 4.99 Å². The molecular formula is C16H22N6O6. The van der Waals surface area contributed by atoms with Crippen molar-refractivity contribution >= 4 is 29.4 Å². The maximum absolute atomic E-state index is 12.2. The number of pyridine rings is 1. The van der Waals surface area contributed by atoms with Gasteiger partial charge in [0.25, 0.3) is 5.91 Å². The van der Waals surface area contributed by atoms with Crippen LogP contribution in [0.1, 0.15) is 16.8 Å². The van der Waals surface area contributed by atoms with Gasteiger partial charge in [0.1, 0.15) is 0 Å². The molecule has 0 saturated carbocycles. The molecule has 0 aromatic carbocycles. The minimum Gasteiger partial charge on any atom is -0.481 e. The smallest absolute Gasteiger partial charge is 0.305 e. The number of aliphatic hydroxyl groups excluding tert-OH is 2. The first kappa shape index (κ1) is 21.1. The number of aliphatic hydroxyl groups is 2. The van der Waals surface area contributed by atoms with Gasteiger partial charge in [0.15, 0.2) is 5.96 Å². The van der Waals surface area contributed by atoms with Gasteiger partial charge in [-0.3, -0.25) is 24.4 Å². The number of carbonyl (C=O) groups is 3. The number of nitrogens with one attached hydrogen (secondary N) is 4. The minimum absolute atomic E-state index is 0.193. The average molecular weight is 394 g/mol. The number of carboxylic acids is 1. The monoisotopic (exact) mass is 394 g/mol. The summed E-state index contributed by atoms with van der Waals surface area (Å²) in [5.41, 5.74) is 0.681. The predicted molar refractivity (Wildman–Crippen MR) is 97.8 cm³/mol. The number of carboxylic acid groups (broad SMARTS) is 1. The van der Waals surface area contributed by atoms with Crippen molar-refractivity contribution in [2.45, 2.75) is 18.6 Å². The molecule has 152 valence electrons. The van der Waals surface area contributed by atoms with Crippen molar-refractivity contribution in [2.75, 3.05) is 31.6 Å². The Morgan fingerprint density at radius 3 is 2.75 bits per heavy atom. The first-order valence-corrected chi connectivity index (χ1v) is 8.46. The van der Waals surface area contributed by atoms with Gasteiger partial charge in [-0.15, -0.1) is 0 Å². The Bertz CT molecular complexity index is 755. The van der Waals surface area contributed by atoms with Crippen LogP contribution in [0, 0.1) is 0 Å². The maximum Gasteiger partial charge on any atom is 0.305 e. The molecule has 12 nitrogen and oxygen atoms in total. The van der Waals surface area contributed by atoms with Crippen LogP contribution in [0.2, 0.25) is 0 Å². The first-order valence-electron chi connectivity index (χ1n) is 8.46. The number of anilines is 1. The molecule has 28 heavy (non-hydrogen) atoms. The molecule has 1 aliphatic rings. The number of hydrogen-bond acceptors (Lipinski definition) is 9. The van der Waals surface area contributed by atoms with Crippen LogP contribution >= 0.6 is 0 Å². The van der Waals surface area contributed by atoms with E-state index in [4.69, 9.17) is 10.2 Å². The Labute approximate surface area is 160 Å². The van der Waals surface area contributed by atoms with Gasteiger partial charge in [-0.1, -0.05) is 0 Å². The molecule has 0 bridgehead atoms. The molecule has 2 atom stereocenters. The highest BCUT2D eigenvalue weighted by Gasteiger charge is 2.16. The molecule has 0 fully saturated rings. The van der Waals surface area contributed by atoms with Crippen molar-refractivity contribution < 1.29 is 29.7 Å². The predicted octanol–water partition coefficient (Wildman–Crippen LogP) is -2.50. The standard InChI is InChI=1S/C16H22N6O6/c23-8-11(2-14(26)27)21-13(25)7-18-15(28)9-1-10(4-17-3-9)22-16-19-5-12(24)6-20-16/h1,3-4,11-12,23-24H,2,5-8H2,(H,18,28)(H,21,25)(H,26,27)(H2,19,20,22)/t11-/m0/s1. The summed E-state index contributed by atoms with van der Waals surface area (Å²) in [4.78, 5) is 42.6. The molecule has 2 amide bonds. The lowest BCUT2D eigenvalue weighted by Gasteiger charge is -2.19. The molecule has 0 aliphatic carbocycles. The summed E-state index contributed by atoms with van der Waals surface area (Å²) in [6.07, 6.45) is 1.83. The van der Waals surface area contributed by atoms with Crippen molar-refractivity contribution in [3.8, 4) is 0 Å². The van der Waals surface area contributed by atoms with Crippen LogP contribution in [0.15, 0.2) is 23.5 Å². The summed E-state index contributed by atoms with van der Waals surface area (Å²) in [5.74, 6) is -1.91. The van der Waals surface area contributed by atoms with Crippen LogP contribution in [-0.2, 0) is 9.59 Å². The zero-order valence-electron chi connectivity index (χ0n) is 14.9. The lowest BCUT2D eigenvalue weighted by atomic mass is 10.2. The summed E-state index contributed by atoms with van der Waals surface area (Å²) in [6, 6.07) is 0.578. The summed E-state index contributed by atoms with van der Waals surface area (Å²) < 4.78 is 0. The number of amides is 2. The molecule has 1 aliphatic heterocycles. The molecule has 0 spiro atoms. The van der Waals surface area contributed by atoms with Crippen LogP contribution in [0.3, 0.4) is 0 Å². The van der Waals surface area contributed by atoms with Crippen molar-refractivity contribution in [3.05, 3.63) is 24.0 Å². The number of hydrogen-bond donors (Lipinski definition) is 7. The zero-order valence-corrected chi connectivity index (χ0v) is 14.9. The fraction of sp³-hybridized carbons (Fsp3) is 0.438. The number of carbonyl (C=O) groups excluding carboxylic acids is 2. The Kier molecular flexibility index (Phi) is 7.65. The van der Waals surface area contributed by atoms with E-state index >= 15 is 0 Å². The third-order valence-corrected chi connectivity index (χ3v) is 3.64. The van der Waals surface area contributed by atoms with Gasteiger partial charge >= 0.3 is 5.97 Å². The summed E-state index contributed by atoms with van der Waals surface area (Å²) in [5, 5.41) is 37.7. The number of guanidine groups is 1. The number of aliphatic carboxylic acids is 1. The van der Waals surface area contributed by atoms with E-state index < -0.39 is 49.5 Å². The van der Waals surface area contributed by atoms with Crippen LogP contribution in [0.25, 0.3) is 0 Å². The van der Waals surface area contributed by atoms with Crippen molar-refractivity contribution in [3.63, 3.8) is 0 Å². The second kappa shape index (κ2) is 10.2. The second-order valence-electron chi connectivity index (χ2n) is 6.04. The number of rotatable bonds is 8. The third-order valence-electron chi connectivity index (χ3n) is 3.64. The van der Waals surface area contributed by atoms with E-state index in [0.717, 1.165) is 0 Å². The van der Waals surface area contributed by atoms with E-state index in [0.29, 0.717) is 18.2 Å². The van der Waals surface area contributed by atoms with Gasteiger partial charge < -0.3 is 36.6 Å². The Balaban J connectivity index is 1.87. The highest BCUT2D eigenvalue weighted by molar-refractivity contribution is 5.99. The fourth-order valence-corrected chi connectivity index (χ4v) is 2.30. The summed E-state index contributed by atoms with van der Waals surface area (Å²) >= 11 is 0. The minimum atomic E-state index is -1.16. The highest BCUT2D eigenvalue weighted by Crippen LogP contribution is 2.09. The van der Waals surface area contributed by atoms with Crippen LogP contribution in [0.5, 0.6) is 0 Å². The summed E-state index contributed by atoms with van der Waals surface area (Å²) in [6.45, 7) is -0.308. The molecule has 1 aromatic heterocycles. The number of aliphatic imine (C=N–C) groups is 1. The van der Waals surface area contributed by atoms with Gasteiger partial charge in [0, 0.05) is 12.7 Å². The van der Waals surface area contributed by atoms with Gasteiger partial charge in [-0.2, -0.15) is 0 Å². The normalized spacial score (nSPS) is 16.9. The van der Waals surface area contributed by atoms with Gasteiger partial charge in [-0.25, -0.2) is 0 Å². The van der Waals surface area contributed by atoms with Crippen LogP contribution in [0.4, 0.5) is 5.69 Å². The first-order chi connectivity index (χ1) is 13.4. The SMILES string of the molecule is O=C(O)C[C@@H](CO)NC(=O)CNC(=O)c1cncc(NC2=NCC(O)CN2)c1. The van der Waals surface area contributed by atoms with Gasteiger partial charge in [0.05, 0.1) is 55.7 Å². The lowest BCUT2D eigenvalue weighted by Crippen LogP contribution is -2.44. The Morgan fingerprint density at radius 1 is 1.32 bits per heavy atom. The van der Waals surface area contributed by atoms with Crippen molar-refractivity contribution in [1.29, 1.82) is 0 Å². The average Bonchev–Trinajstić information content (AvgIpc) is 2.67.